The van der Waals surface area contributed by atoms with E-state index in [4.69, 9.17) is 5.26 Å². The molecule has 122 valence electrons. The van der Waals surface area contributed by atoms with Gasteiger partial charge >= 0.3 is 6.18 Å². The number of ketones is 1. The normalized spacial score (nSPS) is 27.3. The van der Waals surface area contributed by atoms with Crippen LogP contribution in [0.4, 0.5) is 13.2 Å². The van der Waals surface area contributed by atoms with Gasteiger partial charge in [-0.3, -0.25) is 4.79 Å². The zero-order chi connectivity index (χ0) is 16.6. The van der Waals surface area contributed by atoms with Gasteiger partial charge in [-0.2, -0.15) is 18.4 Å². The third-order valence-corrected chi connectivity index (χ3v) is 4.82. The Morgan fingerprint density at radius 2 is 1.87 bits per heavy atom. The highest BCUT2D eigenvalue weighted by Crippen LogP contribution is 2.35. The molecule has 2 unspecified atom stereocenters. The minimum Gasteiger partial charge on any atom is -0.311 e. The van der Waals surface area contributed by atoms with Crippen molar-refractivity contribution in [2.24, 2.45) is 5.92 Å². The summed E-state index contributed by atoms with van der Waals surface area (Å²) in [7, 11) is 0. The van der Waals surface area contributed by atoms with Gasteiger partial charge < -0.3 is 5.32 Å². The number of hydrogen-bond acceptors (Lipinski definition) is 3. The zero-order valence-electron chi connectivity index (χ0n) is 12.5. The molecule has 0 saturated carbocycles. The number of carbonyl (C=O) groups is 1. The molecule has 2 atom stereocenters. The van der Waals surface area contributed by atoms with E-state index in [1.165, 1.54) is 12.1 Å². The molecule has 0 aliphatic carbocycles. The molecule has 0 aromatic heterocycles. The average molecular weight is 322 g/mol. The van der Waals surface area contributed by atoms with Gasteiger partial charge in [0.15, 0.2) is 5.78 Å². The lowest BCUT2D eigenvalue weighted by atomic mass is 9.77. The van der Waals surface area contributed by atoms with Crippen LogP contribution >= 0.6 is 0 Å². The SMILES string of the molecule is N#Cc1ccc(C(=O)C2CC3CCCC(C2)N3)cc1C(F)(F)F. The second kappa shape index (κ2) is 5.97. The third kappa shape index (κ3) is 3.25. The number of carbonyl (C=O) groups excluding carboxylic acids is 1. The quantitative estimate of drug-likeness (QED) is 0.845. The molecule has 2 bridgehead atoms. The predicted octanol–water partition coefficient (Wildman–Crippen LogP) is 3.68. The maximum absolute atomic E-state index is 13.0. The Kier molecular flexibility index (Phi) is 4.15. The number of nitriles is 1. The van der Waals surface area contributed by atoms with E-state index >= 15 is 0 Å². The molecule has 1 aromatic rings. The fraction of sp³-hybridized carbons (Fsp3) is 0.529. The molecule has 2 heterocycles. The minimum absolute atomic E-state index is 0.0568. The molecule has 2 saturated heterocycles. The molecule has 2 aliphatic heterocycles. The molecule has 0 spiro atoms. The van der Waals surface area contributed by atoms with Gasteiger partial charge in [0.1, 0.15) is 0 Å². The number of alkyl halides is 3. The van der Waals surface area contributed by atoms with E-state index < -0.39 is 17.3 Å². The van der Waals surface area contributed by atoms with Crippen LogP contribution in [0.1, 0.15) is 53.6 Å². The fourth-order valence-corrected chi connectivity index (χ4v) is 3.74. The molecular formula is C17H17F3N2O. The van der Waals surface area contributed by atoms with Crippen LogP contribution in [0.3, 0.4) is 0 Å². The van der Waals surface area contributed by atoms with Crippen molar-refractivity contribution in [1.82, 2.24) is 5.32 Å². The number of hydrogen-bond donors (Lipinski definition) is 1. The van der Waals surface area contributed by atoms with E-state index in [1.807, 2.05) is 0 Å². The summed E-state index contributed by atoms with van der Waals surface area (Å²) in [5.41, 5.74) is -1.42. The van der Waals surface area contributed by atoms with E-state index in [9.17, 15) is 18.0 Å². The summed E-state index contributed by atoms with van der Waals surface area (Å²) >= 11 is 0. The summed E-state index contributed by atoms with van der Waals surface area (Å²) in [5.74, 6) is -0.473. The molecule has 1 N–H and O–H groups in total. The molecule has 0 radical (unpaired) electrons. The Hall–Kier alpha value is -1.87. The Bertz CT molecular complexity index is 651. The summed E-state index contributed by atoms with van der Waals surface area (Å²) in [6.45, 7) is 0. The van der Waals surface area contributed by atoms with Gasteiger partial charge in [0, 0.05) is 23.6 Å². The Morgan fingerprint density at radius 1 is 1.22 bits per heavy atom. The number of nitrogens with one attached hydrogen (secondary N) is 1. The van der Waals surface area contributed by atoms with Gasteiger partial charge in [0.2, 0.25) is 0 Å². The first kappa shape index (κ1) is 16.0. The molecule has 0 amide bonds. The zero-order valence-corrected chi connectivity index (χ0v) is 12.5. The van der Waals surface area contributed by atoms with Gasteiger partial charge in [-0.15, -0.1) is 0 Å². The van der Waals surface area contributed by atoms with Gasteiger partial charge in [-0.05, 0) is 37.8 Å². The molecular weight excluding hydrogens is 305 g/mol. The second-order valence-corrected chi connectivity index (χ2v) is 6.39. The molecule has 23 heavy (non-hydrogen) atoms. The van der Waals surface area contributed by atoms with Gasteiger partial charge in [0.05, 0.1) is 17.2 Å². The van der Waals surface area contributed by atoms with E-state index in [2.05, 4.69) is 5.32 Å². The Labute approximate surface area is 132 Å². The number of rotatable bonds is 2. The monoisotopic (exact) mass is 322 g/mol. The first-order chi connectivity index (χ1) is 10.9. The van der Waals surface area contributed by atoms with E-state index in [-0.39, 0.29) is 29.3 Å². The first-order valence-electron chi connectivity index (χ1n) is 7.80. The average Bonchev–Trinajstić information content (AvgIpc) is 2.52. The smallest absolute Gasteiger partial charge is 0.311 e. The third-order valence-electron chi connectivity index (χ3n) is 4.82. The lowest BCUT2D eigenvalue weighted by Crippen LogP contribution is -2.50. The number of nitrogens with zero attached hydrogens (tertiary/aromatic N) is 1. The van der Waals surface area contributed by atoms with Crippen molar-refractivity contribution in [3.8, 4) is 6.07 Å². The first-order valence-corrected chi connectivity index (χ1v) is 7.80. The summed E-state index contributed by atoms with van der Waals surface area (Å²) in [5, 5.41) is 12.3. The topological polar surface area (TPSA) is 52.9 Å². The van der Waals surface area contributed by atoms with Gasteiger partial charge in [-0.25, -0.2) is 0 Å². The maximum Gasteiger partial charge on any atom is 0.417 e. The predicted molar refractivity (Wildman–Crippen MR) is 77.8 cm³/mol. The number of benzene rings is 1. The lowest BCUT2D eigenvalue weighted by Gasteiger charge is -2.39. The van der Waals surface area contributed by atoms with Crippen molar-refractivity contribution >= 4 is 5.78 Å². The Morgan fingerprint density at radius 3 is 2.43 bits per heavy atom. The number of Topliss-reactive ketones (excluding diaryl/α,β-unsaturated/α-hetero) is 1. The lowest BCUT2D eigenvalue weighted by molar-refractivity contribution is -0.137. The van der Waals surface area contributed by atoms with Crippen LogP contribution in [0.2, 0.25) is 0 Å². The van der Waals surface area contributed by atoms with E-state index in [0.717, 1.165) is 31.4 Å². The van der Waals surface area contributed by atoms with Crippen LogP contribution in [-0.2, 0) is 6.18 Å². The number of fused-ring (bicyclic) bond motifs is 2. The minimum atomic E-state index is -4.63. The molecule has 1 aromatic carbocycles. The summed E-state index contributed by atoms with van der Waals surface area (Å²) in [6.07, 6.45) is -0.111. The highest BCUT2D eigenvalue weighted by molar-refractivity contribution is 5.98. The van der Waals surface area contributed by atoms with Crippen molar-refractivity contribution in [3.05, 3.63) is 34.9 Å². The van der Waals surface area contributed by atoms with Crippen LogP contribution in [0, 0.1) is 17.2 Å². The van der Waals surface area contributed by atoms with Crippen molar-refractivity contribution < 1.29 is 18.0 Å². The van der Waals surface area contributed by atoms with Crippen LogP contribution in [0.15, 0.2) is 18.2 Å². The van der Waals surface area contributed by atoms with Crippen molar-refractivity contribution in [3.63, 3.8) is 0 Å². The molecule has 3 rings (SSSR count). The highest BCUT2D eigenvalue weighted by Gasteiger charge is 2.37. The maximum atomic E-state index is 13.0. The molecule has 2 aliphatic rings. The number of piperidine rings is 2. The van der Waals surface area contributed by atoms with Crippen molar-refractivity contribution in [1.29, 1.82) is 5.26 Å². The van der Waals surface area contributed by atoms with Crippen LogP contribution < -0.4 is 5.32 Å². The standard InChI is InChI=1S/C17H17F3N2O/c18-17(19,20)15-8-10(4-5-11(15)9-21)16(23)12-6-13-2-1-3-14(7-12)22-13/h4-5,8,12-14,22H,1-3,6-7H2. The van der Waals surface area contributed by atoms with Crippen LogP contribution in [0.5, 0.6) is 0 Å². The summed E-state index contributed by atoms with van der Waals surface area (Å²) < 4.78 is 39.1. The van der Waals surface area contributed by atoms with Gasteiger partial charge in [-0.1, -0.05) is 12.5 Å². The highest BCUT2D eigenvalue weighted by atomic mass is 19.4. The molecule has 3 nitrogen and oxygen atoms in total. The Balaban J connectivity index is 1.87. The van der Waals surface area contributed by atoms with E-state index in [1.54, 1.807) is 0 Å². The van der Waals surface area contributed by atoms with Crippen LogP contribution in [0.25, 0.3) is 0 Å². The van der Waals surface area contributed by atoms with E-state index in [0.29, 0.717) is 12.8 Å². The summed E-state index contributed by atoms with van der Waals surface area (Å²) in [4.78, 5) is 12.6. The summed E-state index contributed by atoms with van der Waals surface area (Å²) in [6, 6.07) is 5.38. The molecule has 2 fully saturated rings. The molecule has 6 heteroatoms. The number of halogens is 3. The fourth-order valence-electron chi connectivity index (χ4n) is 3.74. The van der Waals surface area contributed by atoms with Crippen molar-refractivity contribution in [2.75, 3.05) is 0 Å². The largest absolute Gasteiger partial charge is 0.417 e. The van der Waals surface area contributed by atoms with Crippen molar-refractivity contribution in [2.45, 2.75) is 50.4 Å². The van der Waals surface area contributed by atoms with Crippen LogP contribution in [-0.4, -0.2) is 17.9 Å². The second-order valence-electron chi connectivity index (χ2n) is 6.39. The van der Waals surface area contributed by atoms with Gasteiger partial charge in [0.25, 0.3) is 0 Å².